The van der Waals surface area contributed by atoms with Crippen LogP contribution in [0, 0.1) is 25.7 Å². The highest BCUT2D eigenvalue weighted by molar-refractivity contribution is 5.92. The Labute approximate surface area is 159 Å². The predicted molar refractivity (Wildman–Crippen MR) is 98.9 cm³/mol. The van der Waals surface area contributed by atoms with Gasteiger partial charge in [-0.3, -0.25) is 19.0 Å². The molecule has 8 heteroatoms. The summed E-state index contributed by atoms with van der Waals surface area (Å²) in [5.41, 5.74) is 3.19. The van der Waals surface area contributed by atoms with Gasteiger partial charge >= 0.3 is 5.97 Å². The monoisotopic (exact) mass is 373 g/mol. The highest BCUT2D eigenvalue weighted by Gasteiger charge is 2.45. The zero-order valence-electron chi connectivity index (χ0n) is 16.6. The fraction of sp³-hybridized carbons (Fsp3) is 0.579. The van der Waals surface area contributed by atoms with Gasteiger partial charge in [-0.15, -0.1) is 0 Å². The van der Waals surface area contributed by atoms with Crippen molar-refractivity contribution in [2.75, 3.05) is 13.2 Å². The number of nitrogens with zero attached hydrogens (tertiary/aromatic N) is 5. The van der Waals surface area contributed by atoms with E-state index in [-0.39, 0.29) is 23.7 Å². The van der Waals surface area contributed by atoms with E-state index in [9.17, 15) is 9.59 Å². The van der Waals surface area contributed by atoms with Crippen molar-refractivity contribution in [3.63, 3.8) is 0 Å². The lowest BCUT2D eigenvalue weighted by molar-refractivity contribution is -0.145. The van der Waals surface area contributed by atoms with E-state index < -0.39 is 0 Å². The van der Waals surface area contributed by atoms with Gasteiger partial charge in [0, 0.05) is 26.3 Å². The highest BCUT2D eigenvalue weighted by atomic mass is 16.5. The van der Waals surface area contributed by atoms with Crippen molar-refractivity contribution in [3.8, 4) is 0 Å². The molecule has 1 aliphatic rings. The van der Waals surface area contributed by atoms with Crippen molar-refractivity contribution < 1.29 is 14.3 Å². The molecule has 0 radical (unpaired) electrons. The fourth-order valence-corrected chi connectivity index (χ4v) is 3.37. The average Bonchev–Trinajstić information content (AvgIpc) is 3.19. The molecule has 146 valence electrons. The summed E-state index contributed by atoms with van der Waals surface area (Å²) in [4.78, 5) is 26.9. The molecule has 3 rings (SSSR count). The molecule has 2 atom stereocenters. The zero-order valence-corrected chi connectivity index (χ0v) is 16.6. The summed E-state index contributed by atoms with van der Waals surface area (Å²) in [5, 5.41) is 8.75. The van der Waals surface area contributed by atoms with Crippen molar-refractivity contribution in [3.05, 3.63) is 34.9 Å². The minimum atomic E-state index is -0.167. The molecule has 1 saturated carbocycles. The minimum absolute atomic E-state index is 0.101. The Morgan fingerprint density at radius 1 is 1.22 bits per heavy atom. The molecule has 27 heavy (non-hydrogen) atoms. The number of rotatable bonds is 7. The van der Waals surface area contributed by atoms with Crippen molar-refractivity contribution >= 4 is 11.9 Å². The number of hydrogen-bond donors (Lipinski definition) is 0. The summed E-state index contributed by atoms with van der Waals surface area (Å²) >= 11 is 0. The Kier molecular flexibility index (Phi) is 5.34. The number of amides is 1. The first-order valence-electron chi connectivity index (χ1n) is 9.26. The molecule has 1 aliphatic carbocycles. The van der Waals surface area contributed by atoms with Gasteiger partial charge in [-0.1, -0.05) is 0 Å². The Balaban J connectivity index is 1.77. The molecule has 1 fully saturated rings. The van der Waals surface area contributed by atoms with Crippen LogP contribution in [0.3, 0.4) is 0 Å². The number of aromatic nitrogens is 4. The van der Waals surface area contributed by atoms with E-state index in [1.54, 1.807) is 34.3 Å². The third-order valence-electron chi connectivity index (χ3n) is 4.99. The molecule has 0 aliphatic heterocycles. The van der Waals surface area contributed by atoms with E-state index >= 15 is 0 Å². The van der Waals surface area contributed by atoms with E-state index in [0.29, 0.717) is 25.4 Å². The number of hydrogen-bond acceptors (Lipinski definition) is 5. The number of aryl methyl sites for hydroxylation is 4. The number of carbonyl (C=O) groups excluding carboxylic acids is 2. The van der Waals surface area contributed by atoms with Crippen LogP contribution in [0.4, 0.5) is 0 Å². The average molecular weight is 373 g/mol. The summed E-state index contributed by atoms with van der Waals surface area (Å²) in [6.07, 6.45) is 0.758. The summed E-state index contributed by atoms with van der Waals surface area (Å²) in [7, 11) is 3.65. The van der Waals surface area contributed by atoms with Gasteiger partial charge in [-0.2, -0.15) is 10.2 Å². The van der Waals surface area contributed by atoms with Crippen LogP contribution < -0.4 is 0 Å². The summed E-state index contributed by atoms with van der Waals surface area (Å²) in [5.74, 6) is -0.248. The van der Waals surface area contributed by atoms with Crippen LogP contribution in [-0.4, -0.2) is 49.5 Å². The summed E-state index contributed by atoms with van der Waals surface area (Å²) in [6.45, 7) is 6.93. The lowest BCUT2D eigenvalue weighted by atomic mass is 10.2. The second-order valence-corrected chi connectivity index (χ2v) is 7.24. The Morgan fingerprint density at radius 3 is 2.52 bits per heavy atom. The molecule has 1 amide bonds. The second kappa shape index (κ2) is 7.54. The van der Waals surface area contributed by atoms with E-state index in [1.165, 1.54) is 0 Å². The molecule has 0 N–H and O–H groups in total. The normalized spacial score (nSPS) is 18.4. The van der Waals surface area contributed by atoms with Crippen LogP contribution in [-0.2, 0) is 30.2 Å². The minimum Gasteiger partial charge on any atom is -0.466 e. The maximum Gasteiger partial charge on any atom is 0.309 e. The molecule has 8 nitrogen and oxygen atoms in total. The van der Waals surface area contributed by atoms with Gasteiger partial charge in [0.1, 0.15) is 5.69 Å². The van der Waals surface area contributed by atoms with Crippen molar-refractivity contribution in [1.82, 2.24) is 24.5 Å². The first-order valence-corrected chi connectivity index (χ1v) is 9.26. The molecule has 2 heterocycles. The van der Waals surface area contributed by atoms with Crippen molar-refractivity contribution in [2.45, 2.75) is 33.7 Å². The highest BCUT2D eigenvalue weighted by Crippen LogP contribution is 2.40. The third kappa shape index (κ3) is 4.20. The summed E-state index contributed by atoms with van der Waals surface area (Å²) in [6, 6.07) is 3.76. The molecule has 0 spiro atoms. The second-order valence-electron chi connectivity index (χ2n) is 7.24. The van der Waals surface area contributed by atoms with Gasteiger partial charge in [0.05, 0.1) is 30.5 Å². The first kappa shape index (κ1) is 19.1. The molecule has 2 aromatic rings. The van der Waals surface area contributed by atoms with Crippen LogP contribution >= 0.6 is 0 Å². The SMILES string of the molecule is CCOC(=O)[C@@H]1C[C@H]1CN(Cc1cc(C)n(C)n1)C(=O)c1cc(C)nn1C. The number of ether oxygens (including phenoxy) is 1. The first-order chi connectivity index (χ1) is 12.8. The van der Waals surface area contributed by atoms with Crippen LogP contribution in [0.5, 0.6) is 0 Å². The quantitative estimate of drug-likeness (QED) is 0.689. The molecular formula is C19H27N5O3. The maximum atomic E-state index is 13.2. The Morgan fingerprint density at radius 2 is 1.96 bits per heavy atom. The lowest BCUT2D eigenvalue weighted by Crippen LogP contribution is -2.34. The molecule has 0 bridgehead atoms. The number of esters is 1. The summed E-state index contributed by atoms with van der Waals surface area (Å²) < 4.78 is 8.51. The van der Waals surface area contributed by atoms with Crippen LogP contribution in [0.25, 0.3) is 0 Å². The Bertz CT molecular complexity index is 834. The van der Waals surface area contributed by atoms with Crippen molar-refractivity contribution in [1.29, 1.82) is 0 Å². The Hall–Kier alpha value is -2.64. The molecule has 0 saturated heterocycles. The van der Waals surface area contributed by atoms with Gasteiger partial charge in [0.25, 0.3) is 5.91 Å². The van der Waals surface area contributed by atoms with E-state index in [4.69, 9.17) is 4.74 Å². The van der Waals surface area contributed by atoms with Gasteiger partial charge in [-0.05, 0) is 45.2 Å². The van der Waals surface area contributed by atoms with Gasteiger partial charge in [-0.25, -0.2) is 0 Å². The van der Waals surface area contributed by atoms with Crippen molar-refractivity contribution in [2.24, 2.45) is 25.9 Å². The smallest absolute Gasteiger partial charge is 0.309 e. The van der Waals surface area contributed by atoms with Crippen LogP contribution in [0.2, 0.25) is 0 Å². The largest absolute Gasteiger partial charge is 0.466 e. The maximum absolute atomic E-state index is 13.2. The predicted octanol–water partition coefficient (Wildman–Crippen LogP) is 1.61. The third-order valence-corrected chi connectivity index (χ3v) is 4.99. The molecule has 0 aromatic carbocycles. The molecule has 0 unspecified atom stereocenters. The zero-order chi connectivity index (χ0) is 19.7. The molecule has 2 aromatic heterocycles. The number of carbonyl (C=O) groups is 2. The lowest BCUT2D eigenvalue weighted by Gasteiger charge is -2.22. The van der Waals surface area contributed by atoms with Gasteiger partial charge < -0.3 is 9.64 Å². The van der Waals surface area contributed by atoms with Gasteiger partial charge in [0.15, 0.2) is 0 Å². The van der Waals surface area contributed by atoms with Crippen LogP contribution in [0.15, 0.2) is 12.1 Å². The standard InChI is InChI=1S/C19H27N5O3/c1-6-27-19(26)16-9-14(16)10-24(11-15-8-13(3)22(4)21-15)18(25)17-7-12(2)20-23(17)5/h7-8,14,16H,6,9-11H2,1-5H3/t14-,16+/m0/s1. The topological polar surface area (TPSA) is 82.2 Å². The van der Waals surface area contributed by atoms with E-state index in [2.05, 4.69) is 10.2 Å². The van der Waals surface area contributed by atoms with E-state index in [1.807, 2.05) is 27.0 Å². The van der Waals surface area contributed by atoms with E-state index in [0.717, 1.165) is 23.5 Å². The molecular weight excluding hydrogens is 346 g/mol. The van der Waals surface area contributed by atoms with Gasteiger partial charge in [0.2, 0.25) is 0 Å². The van der Waals surface area contributed by atoms with Crippen LogP contribution in [0.1, 0.15) is 40.9 Å². The fourth-order valence-electron chi connectivity index (χ4n) is 3.37.